The van der Waals surface area contributed by atoms with Crippen molar-refractivity contribution in [3.8, 4) is 11.6 Å². The highest BCUT2D eigenvalue weighted by Gasteiger charge is 2.10. The molecule has 7 nitrogen and oxygen atoms in total. The summed E-state index contributed by atoms with van der Waals surface area (Å²) in [6, 6.07) is 17.9. The molecule has 0 unspecified atom stereocenters. The first-order valence-corrected chi connectivity index (χ1v) is 7.92. The van der Waals surface area contributed by atoms with Gasteiger partial charge in [-0.2, -0.15) is 0 Å². The lowest BCUT2D eigenvalue weighted by molar-refractivity contribution is 0.254. The highest BCUT2D eigenvalue weighted by atomic mass is 16.5. The zero-order chi connectivity index (χ0) is 17.9. The smallest absolute Gasteiger partial charge is 0.330 e. The predicted molar refractivity (Wildman–Crippen MR) is 99.3 cm³/mol. The second kappa shape index (κ2) is 6.56. The van der Waals surface area contributed by atoms with Crippen molar-refractivity contribution in [2.24, 2.45) is 0 Å². The van der Waals surface area contributed by atoms with Crippen LogP contribution in [0.1, 0.15) is 0 Å². The highest BCUT2D eigenvalue weighted by Crippen LogP contribution is 2.26. The van der Waals surface area contributed by atoms with E-state index in [9.17, 15) is 4.79 Å². The Morgan fingerprint density at radius 2 is 1.88 bits per heavy atom. The molecule has 2 heterocycles. The maximum absolute atomic E-state index is 12.5. The number of rotatable bonds is 3. The quantitative estimate of drug-likeness (QED) is 0.587. The molecule has 4 rings (SSSR count). The van der Waals surface area contributed by atoms with Gasteiger partial charge in [0.05, 0.1) is 5.52 Å². The van der Waals surface area contributed by atoms with Crippen LogP contribution in [0.15, 0.2) is 73.2 Å². The zero-order valence-corrected chi connectivity index (χ0v) is 13.7. The summed E-state index contributed by atoms with van der Waals surface area (Å²) < 4.78 is 7.24. The topological polar surface area (TPSA) is 95.1 Å². The molecule has 2 aromatic heterocycles. The normalized spacial score (nSPS) is 10.6. The second-order valence-corrected chi connectivity index (χ2v) is 5.59. The Morgan fingerprint density at radius 3 is 2.69 bits per heavy atom. The standard InChI is InChI=1S/C19H15N5O2/c20-17-11-18(22-12-21-17)26-15-6-7-16-13(10-15)8-9-24(16)19(25)23-14-4-2-1-3-5-14/h1-12H,(H,23,25)(H2,20,21,22). The van der Waals surface area contributed by atoms with E-state index in [-0.39, 0.29) is 6.03 Å². The first kappa shape index (κ1) is 15.6. The molecule has 4 aromatic rings. The molecule has 3 N–H and O–H groups in total. The summed E-state index contributed by atoms with van der Waals surface area (Å²) in [7, 11) is 0. The number of ether oxygens (including phenoxy) is 1. The molecule has 1 amide bonds. The summed E-state index contributed by atoms with van der Waals surface area (Å²) >= 11 is 0. The third-order valence-corrected chi connectivity index (χ3v) is 3.79. The predicted octanol–water partition coefficient (Wildman–Crippen LogP) is 3.89. The number of hydrogen-bond donors (Lipinski definition) is 2. The SMILES string of the molecule is Nc1cc(Oc2ccc3c(ccn3C(=O)Nc3ccccc3)c2)ncn1. The van der Waals surface area contributed by atoms with E-state index in [1.54, 1.807) is 22.9 Å². The number of para-hydroxylation sites is 1. The van der Waals surface area contributed by atoms with Gasteiger partial charge in [0.1, 0.15) is 17.9 Å². The molecule has 7 heteroatoms. The molecule has 0 saturated heterocycles. The number of amides is 1. The molecular formula is C19H15N5O2. The molecule has 0 atom stereocenters. The van der Waals surface area contributed by atoms with Gasteiger partial charge in [0.25, 0.3) is 0 Å². The number of aromatic nitrogens is 3. The average Bonchev–Trinajstić information content (AvgIpc) is 3.06. The number of nitrogens with one attached hydrogen (secondary N) is 1. The molecule has 0 bridgehead atoms. The summed E-state index contributed by atoms with van der Waals surface area (Å²) in [5, 5.41) is 3.73. The Balaban J connectivity index is 1.58. The zero-order valence-electron chi connectivity index (χ0n) is 13.7. The molecule has 0 aliphatic carbocycles. The molecule has 0 fully saturated rings. The number of fused-ring (bicyclic) bond motifs is 1. The van der Waals surface area contributed by atoms with Gasteiger partial charge in [-0.25, -0.2) is 14.8 Å². The summed E-state index contributed by atoms with van der Waals surface area (Å²) in [5.74, 6) is 1.29. The molecule has 0 saturated carbocycles. The van der Waals surface area contributed by atoms with Crippen molar-refractivity contribution >= 4 is 28.4 Å². The number of hydrogen-bond acceptors (Lipinski definition) is 5. The van der Waals surface area contributed by atoms with Crippen molar-refractivity contribution in [1.82, 2.24) is 14.5 Å². The van der Waals surface area contributed by atoms with Crippen molar-refractivity contribution in [1.29, 1.82) is 0 Å². The van der Waals surface area contributed by atoms with Crippen LogP contribution in [0.25, 0.3) is 10.9 Å². The highest BCUT2D eigenvalue weighted by molar-refractivity contribution is 5.98. The lowest BCUT2D eigenvalue weighted by Gasteiger charge is -2.08. The van der Waals surface area contributed by atoms with Crippen LogP contribution in [0.5, 0.6) is 11.6 Å². The van der Waals surface area contributed by atoms with Crippen LogP contribution in [-0.2, 0) is 0 Å². The van der Waals surface area contributed by atoms with Gasteiger partial charge in [0.15, 0.2) is 0 Å². The Labute approximate surface area is 149 Å². The van der Waals surface area contributed by atoms with Gasteiger partial charge in [-0.3, -0.25) is 4.57 Å². The Hall–Kier alpha value is -3.87. The summed E-state index contributed by atoms with van der Waals surface area (Å²) in [6.45, 7) is 0. The van der Waals surface area contributed by atoms with Crippen LogP contribution in [0.3, 0.4) is 0 Å². The molecular weight excluding hydrogens is 330 g/mol. The van der Waals surface area contributed by atoms with Crippen LogP contribution in [0.4, 0.5) is 16.3 Å². The Kier molecular flexibility index (Phi) is 3.95. The van der Waals surface area contributed by atoms with E-state index in [2.05, 4.69) is 15.3 Å². The van der Waals surface area contributed by atoms with Crippen LogP contribution in [0.2, 0.25) is 0 Å². The Bertz CT molecular complexity index is 1080. The maximum Gasteiger partial charge on any atom is 0.330 e. The van der Waals surface area contributed by atoms with Gasteiger partial charge in [-0.05, 0) is 36.4 Å². The van der Waals surface area contributed by atoms with E-state index in [1.165, 1.54) is 6.33 Å². The number of carbonyl (C=O) groups excluding carboxylic acids is 1. The molecule has 0 aliphatic heterocycles. The largest absolute Gasteiger partial charge is 0.439 e. The monoisotopic (exact) mass is 345 g/mol. The Morgan fingerprint density at radius 1 is 1.04 bits per heavy atom. The minimum Gasteiger partial charge on any atom is -0.439 e. The van der Waals surface area contributed by atoms with E-state index < -0.39 is 0 Å². The summed E-state index contributed by atoms with van der Waals surface area (Å²) in [5.41, 5.74) is 7.13. The van der Waals surface area contributed by atoms with Gasteiger partial charge in [-0.15, -0.1) is 0 Å². The van der Waals surface area contributed by atoms with Crippen LogP contribution in [0, 0.1) is 0 Å². The fourth-order valence-electron chi connectivity index (χ4n) is 2.60. The molecule has 0 radical (unpaired) electrons. The van der Waals surface area contributed by atoms with Gasteiger partial charge < -0.3 is 15.8 Å². The van der Waals surface area contributed by atoms with Gasteiger partial charge >= 0.3 is 6.03 Å². The molecule has 128 valence electrons. The van der Waals surface area contributed by atoms with E-state index in [0.29, 0.717) is 17.4 Å². The number of benzene rings is 2. The van der Waals surface area contributed by atoms with Crippen LogP contribution < -0.4 is 15.8 Å². The first-order valence-electron chi connectivity index (χ1n) is 7.92. The molecule has 2 aromatic carbocycles. The number of nitrogens with zero attached hydrogens (tertiary/aromatic N) is 3. The van der Waals surface area contributed by atoms with Crippen molar-refractivity contribution in [2.45, 2.75) is 0 Å². The first-order chi connectivity index (χ1) is 12.7. The molecule has 0 aliphatic rings. The lowest BCUT2D eigenvalue weighted by Crippen LogP contribution is -2.18. The minimum absolute atomic E-state index is 0.233. The third-order valence-electron chi connectivity index (χ3n) is 3.79. The average molecular weight is 345 g/mol. The van der Waals surface area contributed by atoms with Gasteiger partial charge in [0.2, 0.25) is 5.88 Å². The fraction of sp³-hybridized carbons (Fsp3) is 0. The molecule has 26 heavy (non-hydrogen) atoms. The third kappa shape index (κ3) is 3.18. The summed E-state index contributed by atoms with van der Waals surface area (Å²) in [6.07, 6.45) is 3.06. The van der Waals surface area contributed by atoms with E-state index in [0.717, 1.165) is 16.6 Å². The van der Waals surface area contributed by atoms with E-state index in [1.807, 2.05) is 48.5 Å². The van der Waals surface area contributed by atoms with Crippen LogP contribution in [-0.4, -0.2) is 20.6 Å². The van der Waals surface area contributed by atoms with Crippen molar-refractivity contribution in [3.63, 3.8) is 0 Å². The van der Waals surface area contributed by atoms with E-state index in [4.69, 9.17) is 10.5 Å². The second-order valence-electron chi connectivity index (χ2n) is 5.59. The van der Waals surface area contributed by atoms with Crippen molar-refractivity contribution in [3.05, 3.63) is 73.2 Å². The van der Waals surface area contributed by atoms with Crippen LogP contribution >= 0.6 is 0 Å². The summed E-state index contributed by atoms with van der Waals surface area (Å²) in [4.78, 5) is 20.3. The maximum atomic E-state index is 12.5. The molecule has 0 spiro atoms. The lowest BCUT2D eigenvalue weighted by atomic mass is 10.2. The van der Waals surface area contributed by atoms with E-state index >= 15 is 0 Å². The number of anilines is 2. The fourth-order valence-corrected chi connectivity index (χ4v) is 2.60. The number of nitrogens with two attached hydrogens (primary N) is 1. The van der Waals surface area contributed by atoms with Crippen molar-refractivity contribution in [2.75, 3.05) is 11.1 Å². The minimum atomic E-state index is -0.233. The van der Waals surface area contributed by atoms with Crippen molar-refractivity contribution < 1.29 is 9.53 Å². The number of nitrogen functional groups attached to an aromatic ring is 1. The van der Waals surface area contributed by atoms with Gasteiger partial charge in [0, 0.05) is 23.3 Å². The number of carbonyl (C=O) groups is 1. The van der Waals surface area contributed by atoms with Gasteiger partial charge in [-0.1, -0.05) is 18.2 Å².